The third kappa shape index (κ3) is 43.0. The van der Waals surface area contributed by atoms with Crippen LogP contribution >= 0.6 is 0 Å². The summed E-state index contributed by atoms with van der Waals surface area (Å²) in [6.07, 6.45) is 56.6. The summed E-state index contributed by atoms with van der Waals surface area (Å²) in [5.41, 5.74) is 1.22. The van der Waals surface area contributed by atoms with Gasteiger partial charge in [0.15, 0.2) is 0 Å². The molecule has 0 radical (unpaired) electrons. The van der Waals surface area contributed by atoms with E-state index in [2.05, 4.69) is 44.2 Å². The summed E-state index contributed by atoms with van der Waals surface area (Å²) in [6, 6.07) is 10.5. The Hall–Kier alpha value is -0.900. The Morgan fingerprint density at radius 3 is 0.930 bits per heavy atom. The van der Waals surface area contributed by atoms with E-state index in [1.807, 2.05) is 0 Å². The van der Waals surface area contributed by atoms with Crippen LogP contribution in [0.3, 0.4) is 0 Å². The summed E-state index contributed by atoms with van der Waals surface area (Å²) in [7, 11) is 0. The van der Waals surface area contributed by atoms with Gasteiger partial charge in [-0.05, 0) is 18.4 Å². The fourth-order valence-electron chi connectivity index (χ4n) is 8.31. The lowest BCUT2D eigenvalue weighted by atomic mass is 10.0. The van der Waals surface area contributed by atoms with Gasteiger partial charge in [0.1, 0.15) is 6.10 Å². The van der Waals surface area contributed by atoms with Crippen LogP contribution in [0.5, 0.6) is 0 Å². The average Bonchev–Trinajstić information content (AvgIpc) is 3.23. The second-order valence-electron chi connectivity index (χ2n) is 18.0. The van der Waals surface area contributed by atoms with Gasteiger partial charge in [0, 0.05) is 13.2 Å². The molecule has 3 heteroatoms. The Balaban J connectivity index is 1.95. The van der Waals surface area contributed by atoms with Crippen molar-refractivity contribution >= 4 is 0 Å². The first-order chi connectivity index (χ1) is 28.4. The predicted molar refractivity (Wildman–Crippen MR) is 253 cm³/mol. The Kier molecular flexibility index (Phi) is 45.4. The molecule has 0 bridgehead atoms. The van der Waals surface area contributed by atoms with Crippen molar-refractivity contribution in [2.24, 2.45) is 0 Å². The molecule has 1 aromatic rings. The van der Waals surface area contributed by atoms with Crippen LogP contribution in [0.2, 0.25) is 0 Å². The van der Waals surface area contributed by atoms with Crippen molar-refractivity contribution in [3.63, 3.8) is 0 Å². The lowest BCUT2D eigenvalue weighted by Crippen LogP contribution is -2.26. The van der Waals surface area contributed by atoms with E-state index in [1.165, 1.54) is 250 Å². The van der Waals surface area contributed by atoms with Gasteiger partial charge in [-0.3, -0.25) is 0 Å². The van der Waals surface area contributed by atoms with E-state index in [0.29, 0.717) is 19.8 Å². The molecule has 0 saturated heterocycles. The molecule has 0 aliphatic heterocycles. The maximum absolute atomic E-state index is 6.31. The van der Waals surface area contributed by atoms with Crippen LogP contribution in [0.1, 0.15) is 276 Å². The zero-order chi connectivity index (χ0) is 40.6. The molecular weight excluding hydrogens is 697 g/mol. The lowest BCUT2D eigenvalue weighted by molar-refractivity contribution is -0.0645. The van der Waals surface area contributed by atoms with Crippen LogP contribution in [-0.2, 0) is 20.8 Å². The maximum atomic E-state index is 6.31. The van der Waals surface area contributed by atoms with Crippen molar-refractivity contribution in [2.75, 3.05) is 26.4 Å². The van der Waals surface area contributed by atoms with E-state index in [9.17, 15) is 0 Å². The molecule has 0 aromatic heterocycles. The topological polar surface area (TPSA) is 27.7 Å². The number of benzene rings is 1. The zero-order valence-electron chi connectivity index (χ0n) is 39.0. The second-order valence-corrected chi connectivity index (χ2v) is 18.0. The molecule has 0 saturated carbocycles. The monoisotopic (exact) mass is 799 g/mol. The molecule has 1 aromatic carbocycles. The highest BCUT2D eigenvalue weighted by molar-refractivity contribution is 5.13. The molecule has 0 amide bonds. The summed E-state index contributed by atoms with van der Waals surface area (Å²) < 4.78 is 18.5. The lowest BCUT2D eigenvalue weighted by Gasteiger charge is -2.18. The molecule has 0 fully saturated rings. The molecular formula is C54H102O3. The summed E-state index contributed by atoms with van der Waals surface area (Å²) in [6.45, 7) is 8.16. The van der Waals surface area contributed by atoms with Crippen LogP contribution in [0.25, 0.3) is 0 Å². The number of hydrogen-bond acceptors (Lipinski definition) is 3. The standard InChI is InChI=1S/C54H102O3/c1-3-5-7-9-11-13-15-17-19-21-23-25-27-29-31-33-35-37-39-44-48-55-51-54(52-56-50-53-46-42-41-43-47-53)57-49-45-40-38-36-34-32-30-28-26-24-22-20-18-16-14-12-10-8-6-4-2/h41-43,46-47,54H,3-40,44-45,48-52H2,1-2H3/t54-/m0/s1. The predicted octanol–water partition coefficient (Wildman–Crippen LogP) is 18.2. The quantitative estimate of drug-likeness (QED) is 0.0615. The molecule has 0 unspecified atom stereocenters. The van der Waals surface area contributed by atoms with Gasteiger partial charge in [-0.2, -0.15) is 0 Å². The Morgan fingerprint density at radius 1 is 0.316 bits per heavy atom. The van der Waals surface area contributed by atoms with Gasteiger partial charge >= 0.3 is 0 Å². The third-order valence-electron chi connectivity index (χ3n) is 12.2. The van der Waals surface area contributed by atoms with Crippen LogP contribution in [-0.4, -0.2) is 32.5 Å². The first-order valence-electron chi connectivity index (χ1n) is 26.2. The number of unbranched alkanes of at least 4 members (excludes halogenated alkanes) is 38. The molecule has 1 rings (SSSR count). The summed E-state index contributed by atoms with van der Waals surface area (Å²) in [5, 5.41) is 0. The van der Waals surface area contributed by atoms with Crippen molar-refractivity contribution in [3.8, 4) is 0 Å². The Morgan fingerprint density at radius 2 is 0.596 bits per heavy atom. The third-order valence-corrected chi connectivity index (χ3v) is 12.2. The van der Waals surface area contributed by atoms with E-state index in [4.69, 9.17) is 14.2 Å². The van der Waals surface area contributed by atoms with Gasteiger partial charge in [0.2, 0.25) is 0 Å². The van der Waals surface area contributed by atoms with Crippen LogP contribution in [0.15, 0.2) is 30.3 Å². The number of hydrogen-bond donors (Lipinski definition) is 0. The van der Waals surface area contributed by atoms with Crippen LogP contribution < -0.4 is 0 Å². The minimum Gasteiger partial charge on any atom is -0.379 e. The van der Waals surface area contributed by atoms with E-state index in [0.717, 1.165) is 26.1 Å². The highest BCUT2D eigenvalue weighted by atomic mass is 16.6. The summed E-state index contributed by atoms with van der Waals surface area (Å²) >= 11 is 0. The Bertz CT molecular complexity index is 843. The van der Waals surface area contributed by atoms with E-state index in [1.54, 1.807) is 0 Å². The van der Waals surface area contributed by atoms with Crippen molar-refractivity contribution in [1.82, 2.24) is 0 Å². The molecule has 336 valence electrons. The number of ether oxygens (including phenoxy) is 3. The van der Waals surface area contributed by atoms with Crippen LogP contribution in [0, 0.1) is 0 Å². The van der Waals surface area contributed by atoms with E-state index < -0.39 is 0 Å². The molecule has 0 spiro atoms. The maximum Gasteiger partial charge on any atom is 0.104 e. The zero-order valence-corrected chi connectivity index (χ0v) is 39.0. The molecule has 0 heterocycles. The van der Waals surface area contributed by atoms with Crippen molar-refractivity contribution in [1.29, 1.82) is 0 Å². The molecule has 57 heavy (non-hydrogen) atoms. The van der Waals surface area contributed by atoms with Gasteiger partial charge in [0.05, 0.1) is 19.8 Å². The van der Waals surface area contributed by atoms with Crippen LogP contribution in [0.4, 0.5) is 0 Å². The first kappa shape index (κ1) is 54.1. The fraction of sp³-hybridized carbons (Fsp3) is 0.889. The van der Waals surface area contributed by atoms with Gasteiger partial charge < -0.3 is 14.2 Å². The van der Waals surface area contributed by atoms with Crippen molar-refractivity contribution in [2.45, 2.75) is 283 Å². The number of rotatable bonds is 49. The SMILES string of the molecule is CCCCCCCCCCCCCCCCCCCCCCOC[C@@H](COCc1ccccc1)OCCCCCCCCCCCCCCCCCCCCCC. The molecule has 0 aliphatic rings. The minimum atomic E-state index is 0.0270. The summed E-state index contributed by atoms with van der Waals surface area (Å²) in [5.74, 6) is 0. The Labute approximate surface area is 358 Å². The van der Waals surface area contributed by atoms with Crippen molar-refractivity contribution in [3.05, 3.63) is 35.9 Å². The average molecular weight is 799 g/mol. The molecule has 0 N–H and O–H groups in total. The molecule has 0 aliphatic carbocycles. The van der Waals surface area contributed by atoms with Gasteiger partial charge in [0.25, 0.3) is 0 Å². The smallest absolute Gasteiger partial charge is 0.104 e. The van der Waals surface area contributed by atoms with Crippen molar-refractivity contribution < 1.29 is 14.2 Å². The highest BCUT2D eigenvalue weighted by Crippen LogP contribution is 2.17. The van der Waals surface area contributed by atoms with Gasteiger partial charge in [-0.25, -0.2) is 0 Å². The summed E-state index contributed by atoms with van der Waals surface area (Å²) in [4.78, 5) is 0. The van der Waals surface area contributed by atoms with Gasteiger partial charge in [-0.1, -0.05) is 288 Å². The largest absolute Gasteiger partial charge is 0.379 e. The molecule has 3 nitrogen and oxygen atoms in total. The van der Waals surface area contributed by atoms with E-state index >= 15 is 0 Å². The normalized spacial score (nSPS) is 12.2. The minimum absolute atomic E-state index is 0.0270. The second kappa shape index (κ2) is 47.8. The first-order valence-corrected chi connectivity index (χ1v) is 26.2. The van der Waals surface area contributed by atoms with Gasteiger partial charge in [-0.15, -0.1) is 0 Å². The molecule has 1 atom stereocenters. The fourth-order valence-corrected chi connectivity index (χ4v) is 8.31. The van der Waals surface area contributed by atoms with E-state index in [-0.39, 0.29) is 6.10 Å². The highest BCUT2D eigenvalue weighted by Gasteiger charge is 2.11.